The lowest BCUT2D eigenvalue weighted by atomic mass is 9.95. The van der Waals surface area contributed by atoms with Crippen molar-refractivity contribution in [2.75, 3.05) is 5.32 Å². The highest BCUT2D eigenvalue weighted by atomic mass is 16.2. The van der Waals surface area contributed by atoms with Crippen LogP contribution < -0.4 is 10.6 Å². The average molecular weight is 410 g/mol. The third kappa shape index (κ3) is 4.64. The van der Waals surface area contributed by atoms with E-state index in [1.54, 1.807) is 25.1 Å². The number of hydrogen-bond donors (Lipinski definition) is 3. The Labute approximate surface area is 177 Å². The molecule has 0 bridgehead atoms. The first-order valence-electron chi connectivity index (χ1n) is 10.8. The van der Waals surface area contributed by atoms with Crippen molar-refractivity contribution in [2.24, 2.45) is 0 Å². The summed E-state index contributed by atoms with van der Waals surface area (Å²) in [4.78, 5) is 40.5. The van der Waals surface area contributed by atoms with Gasteiger partial charge >= 0.3 is 0 Å². The van der Waals surface area contributed by atoms with E-state index in [4.69, 9.17) is 0 Å². The second-order valence-electron chi connectivity index (χ2n) is 8.18. The standard InChI is InChI=1S/C24H31N3O3/c1-5-19-21(16(4)28)15(3)25-22(19)24(30)27-20-12-11-17(13-14(20)2)23(29)26-18-9-7-6-8-10-18/h11-13,18,25H,5-10H2,1-4H3,(H,26,29)(H,27,30). The lowest BCUT2D eigenvalue weighted by Crippen LogP contribution is -2.36. The molecule has 1 aliphatic carbocycles. The molecule has 0 spiro atoms. The molecule has 30 heavy (non-hydrogen) atoms. The minimum absolute atomic E-state index is 0.0517. The summed E-state index contributed by atoms with van der Waals surface area (Å²) in [7, 11) is 0. The smallest absolute Gasteiger partial charge is 0.272 e. The van der Waals surface area contributed by atoms with Crippen LogP contribution in [0.25, 0.3) is 0 Å². The van der Waals surface area contributed by atoms with E-state index < -0.39 is 0 Å². The molecule has 1 aliphatic rings. The van der Waals surface area contributed by atoms with Crippen molar-refractivity contribution >= 4 is 23.3 Å². The number of aromatic nitrogens is 1. The number of aromatic amines is 1. The summed E-state index contributed by atoms with van der Waals surface area (Å²) in [5.74, 6) is -0.406. The quantitative estimate of drug-likeness (QED) is 0.603. The summed E-state index contributed by atoms with van der Waals surface area (Å²) in [6, 6.07) is 5.55. The lowest BCUT2D eigenvalue weighted by Gasteiger charge is -2.23. The van der Waals surface area contributed by atoms with E-state index in [2.05, 4.69) is 15.6 Å². The van der Waals surface area contributed by atoms with Gasteiger partial charge in [-0.3, -0.25) is 14.4 Å². The minimum atomic E-state index is -0.287. The Morgan fingerprint density at radius 2 is 1.77 bits per heavy atom. The number of carbonyl (C=O) groups excluding carboxylic acids is 3. The first-order valence-corrected chi connectivity index (χ1v) is 10.8. The van der Waals surface area contributed by atoms with Crippen molar-refractivity contribution in [3.8, 4) is 0 Å². The van der Waals surface area contributed by atoms with Gasteiger partial charge in [-0.1, -0.05) is 26.2 Å². The molecule has 1 aromatic carbocycles. The third-order valence-corrected chi connectivity index (χ3v) is 5.90. The van der Waals surface area contributed by atoms with Crippen LogP contribution in [0.15, 0.2) is 18.2 Å². The predicted molar refractivity (Wildman–Crippen MR) is 118 cm³/mol. The van der Waals surface area contributed by atoms with E-state index in [9.17, 15) is 14.4 Å². The van der Waals surface area contributed by atoms with Crippen LogP contribution in [0.5, 0.6) is 0 Å². The normalized spacial score (nSPS) is 14.4. The average Bonchev–Trinajstić information content (AvgIpc) is 3.06. The van der Waals surface area contributed by atoms with E-state index in [0.717, 1.165) is 36.8 Å². The van der Waals surface area contributed by atoms with Gasteiger partial charge in [0, 0.05) is 28.6 Å². The zero-order valence-electron chi connectivity index (χ0n) is 18.3. The van der Waals surface area contributed by atoms with Crippen LogP contribution in [-0.2, 0) is 6.42 Å². The van der Waals surface area contributed by atoms with E-state index in [1.807, 2.05) is 13.8 Å². The molecule has 6 heteroatoms. The van der Waals surface area contributed by atoms with Crippen LogP contribution in [0.1, 0.15) is 94.0 Å². The molecule has 0 aliphatic heterocycles. The monoisotopic (exact) mass is 409 g/mol. The largest absolute Gasteiger partial charge is 0.354 e. The van der Waals surface area contributed by atoms with E-state index >= 15 is 0 Å². The first kappa shape index (κ1) is 21.8. The molecule has 0 radical (unpaired) electrons. The predicted octanol–water partition coefficient (Wildman–Crippen LogP) is 4.71. The maximum absolute atomic E-state index is 12.9. The van der Waals surface area contributed by atoms with Crippen molar-refractivity contribution in [2.45, 2.75) is 72.3 Å². The highest BCUT2D eigenvalue weighted by Crippen LogP contribution is 2.23. The molecule has 0 unspecified atom stereocenters. The number of carbonyl (C=O) groups is 3. The van der Waals surface area contributed by atoms with Gasteiger partial charge in [0.25, 0.3) is 11.8 Å². The van der Waals surface area contributed by atoms with Crippen LogP contribution in [0.2, 0.25) is 0 Å². The Morgan fingerprint density at radius 1 is 1.07 bits per heavy atom. The van der Waals surface area contributed by atoms with Gasteiger partial charge in [0.05, 0.1) is 0 Å². The van der Waals surface area contributed by atoms with Gasteiger partial charge in [0.2, 0.25) is 0 Å². The number of amides is 2. The summed E-state index contributed by atoms with van der Waals surface area (Å²) < 4.78 is 0. The minimum Gasteiger partial charge on any atom is -0.354 e. The van der Waals surface area contributed by atoms with E-state index in [0.29, 0.717) is 34.6 Å². The van der Waals surface area contributed by atoms with Crippen molar-refractivity contribution in [3.63, 3.8) is 0 Å². The molecule has 2 amide bonds. The van der Waals surface area contributed by atoms with Crippen molar-refractivity contribution in [1.82, 2.24) is 10.3 Å². The van der Waals surface area contributed by atoms with Gasteiger partial charge in [-0.15, -0.1) is 0 Å². The van der Waals surface area contributed by atoms with Crippen LogP contribution in [0.4, 0.5) is 5.69 Å². The number of rotatable bonds is 6. The highest BCUT2D eigenvalue weighted by molar-refractivity contribution is 6.08. The van der Waals surface area contributed by atoms with Gasteiger partial charge in [0.1, 0.15) is 5.69 Å². The Morgan fingerprint density at radius 3 is 2.37 bits per heavy atom. The molecule has 6 nitrogen and oxygen atoms in total. The van der Waals surface area contributed by atoms with Crippen LogP contribution >= 0.6 is 0 Å². The molecule has 3 rings (SSSR count). The summed E-state index contributed by atoms with van der Waals surface area (Å²) in [5, 5.41) is 6.03. The maximum atomic E-state index is 12.9. The molecular weight excluding hydrogens is 378 g/mol. The second-order valence-corrected chi connectivity index (χ2v) is 8.18. The summed E-state index contributed by atoms with van der Waals surface area (Å²) >= 11 is 0. The highest BCUT2D eigenvalue weighted by Gasteiger charge is 2.22. The van der Waals surface area contributed by atoms with Crippen molar-refractivity contribution < 1.29 is 14.4 Å². The zero-order valence-corrected chi connectivity index (χ0v) is 18.3. The maximum Gasteiger partial charge on any atom is 0.272 e. The molecule has 1 fully saturated rings. The lowest BCUT2D eigenvalue weighted by molar-refractivity contribution is 0.0926. The third-order valence-electron chi connectivity index (χ3n) is 5.90. The van der Waals surface area contributed by atoms with Gasteiger partial charge in [-0.2, -0.15) is 0 Å². The molecule has 0 saturated heterocycles. The fourth-order valence-corrected chi connectivity index (χ4v) is 4.35. The summed E-state index contributed by atoms with van der Waals surface area (Å²) in [6.45, 7) is 7.11. The van der Waals surface area contributed by atoms with Gasteiger partial charge in [-0.25, -0.2) is 0 Å². The number of nitrogens with one attached hydrogen (secondary N) is 3. The van der Waals surface area contributed by atoms with Gasteiger partial charge in [0.15, 0.2) is 5.78 Å². The second kappa shape index (κ2) is 9.28. The zero-order chi connectivity index (χ0) is 21.8. The number of Topliss-reactive ketones (excluding diaryl/α,β-unsaturated/α-hetero) is 1. The molecule has 0 atom stereocenters. The number of hydrogen-bond acceptors (Lipinski definition) is 3. The molecule has 1 heterocycles. The Hall–Kier alpha value is -2.89. The molecule has 1 saturated carbocycles. The van der Waals surface area contributed by atoms with E-state index in [1.165, 1.54) is 13.3 Å². The van der Waals surface area contributed by atoms with Crippen LogP contribution in [0, 0.1) is 13.8 Å². The molecule has 1 aromatic heterocycles. The van der Waals surface area contributed by atoms with E-state index in [-0.39, 0.29) is 23.6 Å². The van der Waals surface area contributed by atoms with Crippen LogP contribution in [0.3, 0.4) is 0 Å². The fraction of sp³-hybridized carbons (Fsp3) is 0.458. The molecule has 3 N–H and O–H groups in total. The number of ketones is 1. The van der Waals surface area contributed by atoms with Crippen LogP contribution in [-0.4, -0.2) is 28.6 Å². The Balaban J connectivity index is 1.74. The number of aryl methyl sites for hydroxylation is 2. The Bertz CT molecular complexity index is 968. The summed E-state index contributed by atoms with van der Waals surface area (Å²) in [5.41, 5.74) is 4.50. The number of benzene rings is 1. The summed E-state index contributed by atoms with van der Waals surface area (Å²) in [6.07, 6.45) is 6.23. The SMILES string of the molecule is CCc1c(C(=O)Nc2ccc(C(=O)NC3CCCCC3)cc2C)[nH]c(C)c1C(C)=O. The van der Waals surface area contributed by atoms with Gasteiger partial charge in [-0.05, 0) is 69.4 Å². The van der Waals surface area contributed by atoms with Crippen molar-refractivity contribution in [3.05, 3.63) is 51.8 Å². The number of H-pyrrole nitrogens is 1. The molecule has 160 valence electrons. The molecule has 2 aromatic rings. The van der Waals surface area contributed by atoms with Crippen molar-refractivity contribution in [1.29, 1.82) is 0 Å². The molecular formula is C24H31N3O3. The number of anilines is 1. The first-order chi connectivity index (χ1) is 14.3. The van der Waals surface area contributed by atoms with Gasteiger partial charge < -0.3 is 15.6 Å². The fourth-order valence-electron chi connectivity index (χ4n) is 4.35. The topological polar surface area (TPSA) is 91.1 Å². The Kier molecular flexibility index (Phi) is 6.75.